The average molecular weight is 169 g/mol. The molecule has 11 heavy (non-hydrogen) atoms. The Morgan fingerprint density at radius 3 is 3.09 bits per heavy atom. The van der Waals surface area contributed by atoms with E-state index in [1.54, 1.807) is 0 Å². The molecule has 1 rings (SSSR count). The molecule has 0 bridgehead atoms. The number of hydrogen-bond acceptors (Lipinski definition) is 4. The van der Waals surface area contributed by atoms with Gasteiger partial charge in [0.1, 0.15) is 5.82 Å². The van der Waals surface area contributed by atoms with Gasteiger partial charge in [-0.25, -0.2) is 4.98 Å². The van der Waals surface area contributed by atoms with Crippen LogP contribution in [0.1, 0.15) is 12.2 Å². The normalized spacial score (nSPS) is 9.55. The van der Waals surface area contributed by atoms with Crippen LogP contribution in [0.2, 0.25) is 0 Å². The number of nitrogens with one attached hydrogen (secondary N) is 1. The van der Waals surface area contributed by atoms with Crippen molar-refractivity contribution in [1.82, 2.24) is 9.36 Å². The number of rotatable bonds is 4. The molecule has 0 saturated carbocycles. The number of aromatic nitrogens is 2. The third-order valence-electron chi connectivity index (χ3n) is 1.15. The minimum Gasteiger partial charge on any atom is -0.360 e. The second-order valence-corrected chi connectivity index (χ2v) is 2.90. The molecule has 4 heteroatoms. The van der Waals surface area contributed by atoms with Crippen molar-refractivity contribution >= 4 is 16.7 Å². The molecule has 0 fully saturated rings. The lowest BCUT2D eigenvalue weighted by molar-refractivity contribution is 1.05. The molecule has 1 heterocycles. The summed E-state index contributed by atoms with van der Waals surface area (Å²) in [5.74, 6) is 0.830. The highest BCUT2D eigenvalue weighted by Gasteiger charge is 1.95. The molecule has 0 radical (unpaired) electrons. The second-order valence-electron chi connectivity index (χ2n) is 2.15. The standard InChI is InChI=1S/C7H11N3S/c1-3-4-5-8-7-9-6(2)10-11-7/h3H,1,4-5H2,2H3,(H,8,9,10). The molecular formula is C7H11N3S. The largest absolute Gasteiger partial charge is 0.360 e. The molecule has 0 aliphatic carbocycles. The topological polar surface area (TPSA) is 37.8 Å². The van der Waals surface area contributed by atoms with Crippen LogP contribution in [0.3, 0.4) is 0 Å². The van der Waals surface area contributed by atoms with Crippen molar-refractivity contribution in [1.29, 1.82) is 0 Å². The number of anilines is 1. The lowest BCUT2D eigenvalue weighted by Crippen LogP contribution is -1.98. The van der Waals surface area contributed by atoms with Gasteiger partial charge in [0.25, 0.3) is 0 Å². The van der Waals surface area contributed by atoms with Gasteiger partial charge >= 0.3 is 0 Å². The summed E-state index contributed by atoms with van der Waals surface area (Å²) in [4.78, 5) is 4.14. The van der Waals surface area contributed by atoms with E-state index >= 15 is 0 Å². The molecule has 1 N–H and O–H groups in total. The van der Waals surface area contributed by atoms with Gasteiger partial charge in [-0.3, -0.25) is 0 Å². The summed E-state index contributed by atoms with van der Waals surface area (Å²) >= 11 is 1.39. The predicted molar refractivity (Wildman–Crippen MR) is 47.9 cm³/mol. The molecule has 0 aliphatic rings. The van der Waals surface area contributed by atoms with Crippen LogP contribution in [-0.2, 0) is 0 Å². The summed E-state index contributed by atoms with van der Waals surface area (Å²) in [5, 5.41) is 4.03. The van der Waals surface area contributed by atoms with Gasteiger partial charge in [0, 0.05) is 18.1 Å². The Hall–Kier alpha value is -0.900. The highest BCUT2D eigenvalue weighted by atomic mass is 32.1. The first-order valence-electron chi connectivity index (χ1n) is 3.48. The minimum absolute atomic E-state index is 0.830. The van der Waals surface area contributed by atoms with Crippen molar-refractivity contribution in [2.75, 3.05) is 11.9 Å². The zero-order chi connectivity index (χ0) is 8.10. The average Bonchev–Trinajstić information content (AvgIpc) is 2.37. The second kappa shape index (κ2) is 4.08. The summed E-state index contributed by atoms with van der Waals surface area (Å²) in [6, 6.07) is 0. The van der Waals surface area contributed by atoms with Crippen molar-refractivity contribution in [2.24, 2.45) is 0 Å². The maximum atomic E-state index is 4.14. The van der Waals surface area contributed by atoms with Crippen molar-refractivity contribution in [3.05, 3.63) is 18.5 Å². The predicted octanol–water partition coefficient (Wildman–Crippen LogP) is 1.83. The van der Waals surface area contributed by atoms with E-state index < -0.39 is 0 Å². The monoisotopic (exact) mass is 169 g/mol. The molecule has 0 atom stereocenters. The van der Waals surface area contributed by atoms with E-state index in [2.05, 4.69) is 21.3 Å². The first kappa shape index (κ1) is 8.20. The van der Waals surface area contributed by atoms with E-state index in [0.717, 1.165) is 23.9 Å². The van der Waals surface area contributed by atoms with E-state index in [0.29, 0.717) is 0 Å². The summed E-state index contributed by atoms with van der Waals surface area (Å²) < 4.78 is 4.04. The zero-order valence-electron chi connectivity index (χ0n) is 6.50. The Labute approximate surface area is 70.3 Å². The quantitative estimate of drug-likeness (QED) is 0.552. The minimum atomic E-state index is 0.830. The Balaban J connectivity index is 2.32. The Bertz CT molecular complexity index is 231. The van der Waals surface area contributed by atoms with Crippen LogP contribution in [0.5, 0.6) is 0 Å². The van der Waals surface area contributed by atoms with E-state index in [-0.39, 0.29) is 0 Å². The Morgan fingerprint density at radius 2 is 2.55 bits per heavy atom. The van der Waals surface area contributed by atoms with Crippen LogP contribution >= 0.6 is 11.5 Å². The summed E-state index contributed by atoms with van der Waals surface area (Å²) in [7, 11) is 0. The van der Waals surface area contributed by atoms with Gasteiger partial charge in [0.2, 0.25) is 5.13 Å². The van der Waals surface area contributed by atoms with E-state index in [1.807, 2.05) is 13.0 Å². The fourth-order valence-corrected chi connectivity index (χ4v) is 1.25. The van der Waals surface area contributed by atoms with E-state index in [9.17, 15) is 0 Å². The van der Waals surface area contributed by atoms with Crippen molar-refractivity contribution in [3.8, 4) is 0 Å². The fraction of sp³-hybridized carbons (Fsp3) is 0.429. The van der Waals surface area contributed by atoms with Crippen LogP contribution in [0.25, 0.3) is 0 Å². The molecule has 0 saturated heterocycles. The first-order valence-corrected chi connectivity index (χ1v) is 4.25. The van der Waals surface area contributed by atoms with Gasteiger partial charge in [-0.1, -0.05) is 6.08 Å². The molecule has 1 aromatic heterocycles. The van der Waals surface area contributed by atoms with Crippen LogP contribution in [0.15, 0.2) is 12.7 Å². The summed E-state index contributed by atoms with van der Waals surface area (Å²) in [6.07, 6.45) is 2.83. The molecule has 0 unspecified atom stereocenters. The lowest BCUT2D eigenvalue weighted by Gasteiger charge is -1.95. The third kappa shape index (κ3) is 2.67. The van der Waals surface area contributed by atoms with Gasteiger partial charge in [-0.2, -0.15) is 4.37 Å². The fourth-order valence-electron chi connectivity index (χ4n) is 0.650. The molecule has 0 aromatic carbocycles. The van der Waals surface area contributed by atoms with Crippen LogP contribution < -0.4 is 5.32 Å². The SMILES string of the molecule is C=CCCNc1nc(C)ns1. The van der Waals surface area contributed by atoms with Gasteiger partial charge in [-0.15, -0.1) is 6.58 Å². The Kier molecular flexibility index (Phi) is 3.04. The Morgan fingerprint density at radius 1 is 1.73 bits per heavy atom. The van der Waals surface area contributed by atoms with E-state index in [1.165, 1.54) is 11.5 Å². The summed E-state index contributed by atoms with van der Waals surface area (Å²) in [6.45, 7) is 6.40. The van der Waals surface area contributed by atoms with Crippen LogP contribution in [0.4, 0.5) is 5.13 Å². The highest BCUT2D eigenvalue weighted by Crippen LogP contribution is 2.09. The number of nitrogens with zero attached hydrogens (tertiary/aromatic N) is 2. The lowest BCUT2D eigenvalue weighted by atomic mass is 10.4. The van der Waals surface area contributed by atoms with Gasteiger partial charge in [0.15, 0.2) is 0 Å². The molecular weight excluding hydrogens is 158 g/mol. The smallest absolute Gasteiger partial charge is 0.202 e. The molecule has 0 aliphatic heterocycles. The molecule has 0 amide bonds. The first-order chi connectivity index (χ1) is 5.33. The molecule has 3 nitrogen and oxygen atoms in total. The number of hydrogen-bond donors (Lipinski definition) is 1. The van der Waals surface area contributed by atoms with Crippen molar-refractivity contribution in [3.63, 3.8) is 0 Å². The maximum Gasteiger partial charge on any atom is 0.202 e. The van der Waals surface area contributed by atoms with Gasteiger partial charge in [0.05, 0.1) is 0 Å². The van der Waals surface area contributed by atoms with Crippen LogP contribution in [0, 0.1) is 6.92 Å². The molecule has 0 spiro atoms. The summed E-state index contributed by atoms with van der Waals surface area (Å²) in [5.41, 5.74) is 0. The van der Waals surface area contributed by atoms with Gasteiger partial charge < -0.3 is 5.32 Å². The van der Waals surface area contributed by atoms with E-state index in [4.69, 9.17) is 0 Å². The highest BCUT2D eigenvalue weighted by molar-refractivity contribution is 7.09. The van der Waals surface area contributed by atoms with Crippen molar-refractivity contribution < 1.29 is 0 Å². The van der Waals surface area contributed by atoms with Crippen LogP contribution in [-0.4, -0.2) is 15.9 Å². The number of aryl methyl sites for hydroxylation is 1. The maximum absolute atomic E-state index is 4.14. The molecule has 1 aromatic rings. The van der Waals surface area contributed by atoms with Crippen molar-refractivity contribution in [2.45, 2.75) is 13.3 Å². The zero-order valence-corrected chi connectivity index (χ0v) is 7.32. The molecule has 60 valence electrons. The van der Waals surface area contributed by atoms with Gasteiger partial charge in [-0.05, 0) is 13.3 Å². The third-order valence-corrected chi connectivity index (χ3v) is 1.92.